The molecule has 11 heavy (non-hydrogen) atoms. The molecule has 0 N–H and O–H groups in total. The van der Waals surface area contributed by atoms with Crippen LogP contribution in [0.15, 0.2) is 30.3 Å². The molecule has 1 aliphatic rings. The maximum atomic E-state index is 5.54. The van der Waals surface area contributed by atoms with Crippen molar-refractivity contribution in [3.05, 3.63) is 35.9 Å². The van der Waals surface area contributed by atoms with Crippen LogP contribution in [0.3, 0.4) is 0 Å². The fourth-order valence-corrected chi connectivity index (χ4v) is 1.51. The number of rotatable bonds is 1. The van der Waals surface area contributed by atoms with Crippen LogP contribution in [0.4, 0.5) is 0 Å². The van der Waals surface area contributed by atoms with Crippen molar-refractivity contribution >= 4 is 0 Å². The van der Waals surface area contributed by atoms with Crippen LogP contribution in [-0.4, -0.2) is 6.61 Å². The Balaban J connectivity index is 2.16. The zero-order chi connectivity index (χ0) is 7.52. The lowest BCUT2D eigenvalue weighted by molar-refractivity contribution is 0.112. The van der Waals surface area contributed by atoms with E-state index >= 15 is 0 Å². The Morgan fingerprint density at radius 1 is 1.18 bits per heavy atom. The highest BCUT2D eigenvalue weighted by atomic mass is 16.5. The van der Waals surface area contributed by atoms with Crippen molar-refractivity contribution in [2.75, 3.05) is 6.61 Å². The van der Waals surface area contributed by atoms with E-state index in [1.165, 1.54) is 18.4 Å². The van der Waals surface area contributed by atoms with Gasteiger partial charge in [-0.15, -0.1) is 0 Å². The van der Waals surface area contributed by atoms with Crippen LogP contribution < -0.4 is 0 Å². The zero-order valence-electron chi connectivity index (χ0n) is 6.49. The number of hydrogen-bond acceptors (Lipinski definition) is 1. The minimum absolute atomic E-state index is 0.371. The Kier molecular flexibility index (Phi) is 1.91. The van der Waals surface area contributed by atoms with Gasteiger partial charge in [-0.2, -0.15) is 0 Å². The number of benzene rings is 1. The maximum absolute atomic E-state index is 5.54. The summed E-state index contributed by atoms with van der Waals surface area (Å²) in [5.41, 5.74) is 1.32. The van der Waals surface area contributed by atoms with Gasteiger partial charge in [-0.3, -0.25) is 0 Å². The van der Waals surface area contributed by atoms with Crippen LogP contribution in [0.5, 0.6) is 0 Å². The molecule has 0 bridgehead atoms. The summed E-state index contributed by atoms with van der Waals surface area (Å²) in [4.78, 5) is 0. The first kappa shape index (κ1) is 6.86. The van der Waals surface area contributed by atoms with Crippen LogP contribution in [0, 0.1) is 0 Å². The Morgan fingerprint density at radius 3 is 2.64 bits per heavy atom. The van der Waals surface area contributed by atoms with Gasteiger partial charge in [-0.25, -0.2) is 0 Å². The molecule has 0 spiro atoms. The number of ether oxygens (including phenoxy) is 1. The normalized spacial score (nSPS) is 23.8. The van der Waals surface area contributed by atoms with Crippen molar-refractivity contribution in [1.82, 2.24) is 0 Å². The summed E-state index contributed by atoms with van der Waals surface area (Å²) in [5.74, 6) is 0. The minimum atomic E-state index is 0.371. The molecule has 1 heteroatoms. The Bertz CT molecular complexity index is 212. The highest BCUT2D eigenvalue weighted by molar-refractivity contribution is 5.17. The van der Waals surface area contributed by atoms with E-state index in [9.17, 15) is 0 Å². The molecule has 1 unspecified atom stereocenters. The molecule has 1 saturated heterocycles. The smallest absolute Gasteiger partial charge is 0.0825 e. The predicted molar refractivity (Wildman–Crippen MR) is 44.4 cm³/mol. The van der Waals surface area contributed by atoms with E-state index in [0.717, 1.165) is 6.61 Å². The van der Waals surface area contributed by atoms with Gasteiger partial charge in [-0.05, 0) is 18.4 Å². The van der Waals surface area contributed by atoms with Crippen LogP contribution in [0.1, 0.15) is 24.5 Å². The van der Waals surface area contributed by atoms with Crippen molar-refractivity contribution in [2.45, 2.75) is 18.9 Å². The van der Waals surface area contributed by atoms with Gasteiger partial charge in [0.15, 0.2) is 0 Å². The Morgan fingerprint density at radius 2 is 2.00 bits per heavy atom. The second kappa shape index (κ2) is 3.05. The average molecular weight is 148 g/mol. The third-order valence-corrected chi connectivity index (χ3v) is 2.10. The van der Waals surface area contributed by atoms with Gasteiger partial charge < -0.3 is 4.74 Å². The molecule has 1 atom stereocenters. The van der Waals surface area contributed by atoms with Crippen LogP contribution in [-0.2, 0) is 4.74 Å². The molecule has 1 aromatic carbocycles. The highest BCUT2D eigenvalue weighted by Gasteiger charge is 2.16. The molecule has 58 valence electrons. The average Bonchev–Trinajstić information content (AvgIpc) is 2.58. The molecule has 0 aliphatic carbocycles. The van der Waals surface area contributed by atoms with E-state index < -0.39 is 0 Å². The monoisotopic (exact) mass is 148 g/mol. The Labute approximate surface area is 67.0 Å². The minimum Gasteiger partial charge on any atom is -0.374 e. The first-order valence-electron chi connectivity index (χ1n) is 4.13. The van der Waals surface area contributed by atoms with Crippen molar-refractivity contribution in [2.24, 2.45) is 0 Å². The zero-order valence-corrected chi connectivity index (χ0v) is 6.49. The van der Waals surface area contributed by atoms with Crippen molar-refractivity contribution in [1.29, 1.82) is 0 Å². The maximum Gasteiger partial charge on any atom is 0.0825 e. The lowest BCUT2D eigenvalue weighted by atomic mass is 10.1. The van der Waals surface area contributed by atoms with Crippen LogP contribution in [0.25, 0.3) is 0 Å². The van der Waals surface area contributed by atoms with E-state index in [1.54, 1.807) is 0 Å². The van der Waals surface area contributed by atoms with Crippen LogP contribution >= 0.6 is 0 Å². The largest absolute Gasteiger partial charge is 0.374 e. The van der Waals surface area contributed by atoms with E-state index in [0.29, 0.717) is 6.10 Å². The van der Waals surface area contributed by atoms with Gasteiger partial charge in [0.2, 0.25) is 0 Å². The fourth-order valence-electron chi connectivity index (χ4n) is 1.51. The standard InChI is InChI=1S/C10H12O/c1-2-5-9(6-3-1)10-7-4-8-11-10/h1-3,5-6,10H,4,7-8H2. The summed E-state index contributed by atoms with van der Waals surface area (Å²) >= 11 is 0. The third kappa shape index (κ3) is 1.43. The van der Waals surface area contributed by atoms with Gasteiger partial charge in [0.05, 0.1) is 6.10 Å². The molecule has 0 amide bonds. The van der Waals surface area contributed by atoms with E-state index in [-0.39, 0.29) is 0 Å². The van der Waals surface area contributed by atoms with Crippen molar-refractivity contribution in [3.63, 3.8) is 0 Å². The van der Waals surface area contributed by atoms with Crippen LogP contribution in [0.2, 0.25) is 0 Å². The van der Waals surface area contributed by atoms with Gasteiger partial charge in [0.1, 0.15) is 0 Å². The van der Waals surface area contributed by atoms with Gasteiger partial charge in [-0.1, -0.05) is 30.3 Å². The van der Waals surface area contributed by atoms with Gasteiger partial charge in [0, 0.05) is 6.61 Å². The lowest BCUT2D eigenvalue weighted by Crippen LogP contribution is -1.93. The molecule has 0 radical (unpaired) electrons. The summed E-state index contributed by atoms with van der Waals surface area (Å²) in [6.07, 6.45) is 2.76. The molecule has 1 fully saturated rings. The highest BCUT2D eigenvalue weighted by Crippen LogP contribution is 2.27. The molecule has 0 aromatic heterocycles. The molecule has 1 aromatic rings. The first-order valence-corrected chi connectivity index (χ1v) is 4.13. The van der Waals surface area contributed by atoms with Crippen molar-refractivity contribution < 1.29 is 4.74 Å². The quantitative estimate of drug-likeness (QED) is 0.594. The third-order valence-electron chi connectivity index (χ3n) is 2.10. The molecule has 1 nitrogen and oxygen atoms in total. The summed E-state index contributed by atoms with van der Waals surface area (Å²) in [6, 6.07) is 10.4. The van der Waals surface area contributed by atoms with E-state index in [2.05, 4.69) is 24.3 Å². The predicted octanol–water partition coefficient (Wildman–Crippen LogP) is 2.54. The molecule has 1 aliphatic heterocycles. The second-order valence-corrected chi connectivity index (χ2v) is 2.91. The van der Waals surface area contributed by atoms with Gasteiger partial charge in [0.25, 0.3) is 0 Å². The molecule has 0 saturated carbocycles. The summed E-state index contributed by atoms with van der Waals surface area (Å²) < 4.78 is 5.54. The second-order valence-electron chi connectivity index (χ2n) is 2.91. The molecule has 1 heterocycles. The summed E-state index contributed by atoms with van der Waals surface area (Å²) in [5, 5.41) is 0. The topological polar surface area (TPSA) is 9.23 Å². The first-order chi connectivity index (χ1) is 5.47. The van der Waals surface area contributed by atoms with Crippen molar-refractivity contribution in [3.8, 4) is 0 Å². The Hall–Kier alpha value is -0.820. The van der Waals surface area contributed by atoms with E-state index in [1.807, 2.05) is 6.07 Å². The molecular weight excluding hydrogens is 136 g/mol. The van der Waals surface area contributed by atoms with E-state index in [4.69, 9.17) is 4.74 Å². The lowest BCUT2D eigenvalue weighted by Gasteiger charge is -2.07. The molecule has 2 rings (SSSR count). The summed E-state index contributed by atoms with van der Waals surface area (Å²) in [7, 11) is 0. The molecular formula is C10H12O. The number of hydrogen-bond donors (Lipinski definition) is 0. The summed E-state index contributed by atoms with van der Waals surface area (Å²) in [6.45, 7) is 0.930. The van der Waals surface area contributed by atoms with Gasteiger partial charge >= 0.3 is 0 Å². The fraction of sp³-hybridized carbons (Fsp3) is 0.400. The SMILES string of the molecule is c1ccc(C2CCCO2)cc1.